The monoisotopic (exact) mass is 263 g/mol. The van der Waals surface area contributed by atoms with Crippen LogP contribution in [-0.4, -0.2) is 21.7 Å². The molecule has 3 aromatic rings. The molecule has 0 N–H and O–H groups in total. The number of nitrogens with zero attached hydrogens (tertiary/aromatic N) is 3. The first-order chi connectivity index (χ1) is 8.67. The average Bonchev–Trinajstić information content (AvgIpc) is 2.85. The fourth-order valence-corrected chi connectivity index (χ4v) is 2.49. The molecular weight excluding hydrogens is 253 g/mol. The van der Waals surface area contributed by atoms with Crippen molar-refractivity contribution in [2.75, 3.05) is 7.11 Å². The number of methoxy groups -OCH3 is 1. The Morgan fingerprint density at radius 1 is 1.39 bits per heavy atom. The van der Waals surface area contributed by atoms with Crippen LogP contribution in [0.5, 0.6) is 5.75 Å². The number of ether oxygens (including phenoxy) is 1. The van der Waals surface area contributed by atoms with Crippen molar-refractivity contribution >= 4 is 16.3 Å². The topological polar surface area (TPSA) is 39.4 Å². The van der Waals surface area contributed by atoms with Crippen molar-refractivity contribution < 1.29 is 9.13 Å². The summed E-state index contributed by atoms with van der Waals surface area (Å²) in [6.45, 7) is 1.92. The van der Waals surface area contributed by atoms with E-state index in [0.717, 1.165) is 9.97 Å². The summed E-state index contributed by atoms with van der Waals surface area (Å²) in [4.78, 5) is 5.22. The van der Waals surface area contributed by atoms with Crippen LogP contribution in [-0.2, 0) is 0 Å². The predicted octanol–water partition coefficient (Wildman–Crippen LogP) is 2.91. The van der Waals surface area contributed by atoms with Gasteiger partial charge in [0.25, 0.3) is 0 Å². The van der Waals surface area contributed by atoms with Gasteiger partial charge in [0, 0.05) is 5.56 Å². The maximum Gasteiger partial charge on any atom is 0.212 e. The zero-order valence-corrected chi connectivity index (χ0v) is 10.7. The summed E-state index contributed by atoms with van der Waals surface area (Å²) in [6.07, 6.45) is 1.79. The summed E-state index contributed by atoms with van der Waals surface area (Å²) < 4.78 is 20.2. The third-order valence-corrected chi connectivity index (χ3v) is 3.43. The van der Waals surface area contributed by atoms with Crippen LogP contribution in [0.3, 0.4) is 0 Å². The minimum atomic E-state index is -0.393. The fourth-order valence-electron chi connectivity index (χ4n) is 1.76. The van der Waals surface area contributed by atoms with Crippen LogP contribution in [0.1, 0.15) is 5.01 Å². The van der Waals surface area contributed by atoms with Crippen molar-refractivity contribution in [2.45, 2.75) is 6.92 Å². The zero-order valence-electron chi connectivity index (χ0n) is 9.85. The molecule has 0 spiro atoms. The summed E-state index contributed by atoms with van der Waals surface area (Å²) in [5.74, 6) is -0.163. The molecular formula is C12H10FN3OS. The van der Waals surface area contributed by atoms with Crippen LogP contribution in [0, 0.1) is 12.7 Å². The Balaban J connectivity index is 2.08. The molecule has 0 unspecified atom stereocenters. The number of aryl methyl sites for hydroxylation is 1. The molecule has 6 heteroatoms. The second-order valence-corrected chi connectivity index (χ2v) is 4.98. The third-order valence-electron chi connectivity index (χ3n) is 2.59. The lowest BCUT2D eigenvalue weighted by Gasteiger charge is -2.02. The van der Waals surface area contributed by atoms with Gasteiger partial charge in [-0.2, -0.15) is 5.10 Å². The molecule has 0 saturated heterocycles. The molecule has 0 bridgehead atoms. The number of hydrogen-bond donors (Lipinski definition) is 0. The van der Waals surface area contributed by atoms with Crippen molar-refractivity contribution in [1.29, 1.82) is 0 Å². The van der Waals surface area contributed by atoms with Crippen LogP contribution >= 0.6 is 11.3 Å². The summed E-state index contributed by atoms with van der Waals surface area (Å²) in [6, 6.07) is 4.79. The first-order valence-electron chi connectivity index (χ1n) is 5.34. The number of fused-ring (bicyclic) bond motifs is 1. The van der Waals surface area contributed by atoms with Gasteiger partial charge in [0.1, 0.15) is 5.01 Å². The molecule has 0 radical (unpaired) electrons. The quantitative estimate of drug-likeness (QED) is 0.713. The van der Waals surface area contributed by atoms with E-state index in [2.05, 4.69) is 10.1 Å². The molecule has 92 valence electrons. The van der Waals surface area contributed by atoms with Gasteiger partial charge in [0.15, 0.2) is 11.6 Å². The van der Waals surface area contributed by atoms with E-state index in [1.165, 1.54) is 24.5 Å². The third kappa shape index (κ3) is 1.74. The Hall–Kier alpha value is -1.95. The van der Waals surface area contributed by atoms with E-state index in [9.17, 15) is 4.39 Å². The Kier molecular flexibility index (Phi) is 2.52. The Labute approximate surface area is 107 Å². The highest BCUT2D eigenvalue weighted by Crippen LogP contribution is 2.26. The van der Waals surface area contributed by atoms with Gasteiger partial charge in [-0.25, -0.2) is 13.9 Å². The molecule has 0 aliphatic heterocycles. The molecule has 3 rings (SSSR count). The van der Waals surface area contributed by atoms with E-state index in [-0.39, 0.29) is 5.75 Å². The fraction of sp³-hybridized carbons (Fsp3) is 0.167. The lowest BCUT2D eigenvalue weighted by molar-refractivity contribution is 0.386. The summed E-state index contributed by atoms with van der Waals surface area (Å²) in [5, 5.41) is 5.22. The van der Waals surface area contributed by atoms with E-state index in [1.807, 2.05) is 6.92 Å². The van der Waals surface area contributed by atoms with Crippen molar-refractivity contribution in [2.24, 2.45) is 0 Å². The molecule has 0 atom stereocenters. The second-order valence-electron chi connectivity index (χ2n) is 3.82. The highest BCUT2D eigenvalue weighted by Gasteiger charge is 2.10. The molecule has 18 heavy (non-hydrogen) atoms. The Morgan fingerprint density at radius 3 is 2.89 bits per heavy atom. The van der Waals surface area contributed by atoms with Gasteiger partial charge in [-0.3, -0.25) is 0 Å². The standard InChI is InChI=1S/C12H10FN3OS/c1-7-15-16-6-10(14-12(16)18-7)8-3-4-11(17-2)9(13)5-8/h3-6H,1-2H3. The van der Waals surface area contributed by atoms with Crippen LogP contribution in [0.15, 0.2) is 24.4 Å². The SMILES string of the molecule is COc1ccc(-c2cn3nc(C)sc3n2)cc1F. The Morgan fingerprint density at radius 2 is 2.22 bits per heavy atom. The number of hydrogen-bond acceptors (Lipinski definition) is 4. The molecule has 0 aliphatic rings. The summed E-state index contributed by atoms with van der Waals surface area (Å²) in [5.41, 5.74) is 1.42. The van der Waals surface area contributed by atoms with Gasteiger partial charge >= 0.3 is 0 Å². The maximum atomic E-state index is 13.6. The highest BCUT2D eigenvalue weighted by atomic mass is 32.1. The van der Waals surface area contributed by atoms with Crippen molar-refractivity contribution in [1.82, 2.24) is 14.6 Å². The van der Waals surface area contributed by atoms with Gasteiger partial charge in [0.05, 0.1) is 19.0 Å². The first kappa shape index (κ1) is 11.2. The number of imidazole rings is 1. The summed E-state index contributed by atoms with van der Waals surface area (Å²) >= 11 is 1.50. The van der Waals surface area contributed by atoms with Crippen LogP contribution in [0.2, 0.25) is 0 Å². The van der Waals surface area contributed by atoms with Gasteiger partial charge in [0.2, 0.25) is 4.96 Å². The molecule has 0 aliphatic carbocycles. The predicted molar refractivity (Wildman–Crippen MR) is 67.5 cm³/mol. The van der Waals surface area contributed by atoms with Crippen molar-refractivity contribution in [3.05, 3.63) is 35.2 Å². The number of halogens is 1. The molecule has 0 amide bonds. The first-order valence-corrected chi connectivity index (χ1v) is 6.16. The van der Waals surface area contributed by atoms with E-state index < -0.39 is 5.82 Å². The number of benzene rings is 1. The Bertz CT molecular complexity index is 688. The van der Waals surface area contributed by atoms with Crippen LogP contribution in [0.4, 0.5) is 4.39 Å². The molecule has 0 fully saturated rings. The lowest BCUT2D eigenvalue weighted by Crippen LogP contribution is -1.88. The van der Waals surface area contributed by atoms with E-state index in [0.29, 0.717) is 11.3 Å². The molecule has 2 aromatic heterocycles. The average molecular weight is 263 g/mol. The molecule has 4 nitrogen and oxygen atoms in total. The molecule has 0 saturated carbocycles. The molecule has 2 heterocycles. The van der Waals surface area contributed by atoms with Crippen LogP contribution in [0.25, 0.3) is 16.2 Å². The number of aromatic nitrogens is 3. The van der Waals surface area contributed by atoms with E-state index in [1.54, 1.807) is 22.8 Å². The largest absolute Gasteiger partial charge is 0.494 e. The zero-order chi connectivity index (χ0) is 12.7. The van der Waals surface area contributed by atoms with Crippen molar-refractivity contribution in [3.8, 4) is 17.0 Å². The smallest absolute Gasteiger partial charge is 0.212 e. The van der Waals surface area contributed by atoms with Gasteiger partial charge in [-0.05, 0) is 25.1 Å². The van der Waals surface area contributed by atoms with E-state index in [4.69, 9.17) is 4.74 Å². The molecule has 1 aromatic carbocycles. The second kappa shape index (κ2) is 4.06. The highest BCUT2D eigenvalue weighted by molar-refractivity contribution is 7.16. The summed E-state index contributed by atoms with van der Waals surface area (Å²) in [7, 11) is 1.44. The normalized spacial score (nSPS) is 11.1. The van der Waals surface area contributed by atoms with Gasteiger partial charge in [-0.1, -0.05) is 11.3 Å². The van der Waals surface area contributed by atoms with Gasteiger partial charge in [-0.15, -0.1) is 0 Å². The minimum Gasteiger partial charge on any atom is -0.494 e. The number of rotatable bonds is 2. The minimum absolute atomic E-state index is 0.230. The van der Waals surface area contributed by atoms with E-state index >= 15 is 0 Å². The maximum absolute atomic E-state index is 13.6. The van der Waals surface area contributed by atoms with Gasteiger partial charge < -0.3 is 4.74 Å². The lowest BCUT2D eigenvalue weighted by atomic mass is 10.1. The van der Waals surface area contributed by atoms with Crippen molar-refractivity contribution in [3.63, 3.8) is 0 Å². The van der Waals surface area contributed by atoms with Crippen LogP contribution < -0.4 is 4.74 Å².